The fraction of sp³-hybridized carbons (Fsp3) is 0.500. The quantitative estimate of drug-likeness (QED) is 0.828. The van der Waals surface area contributed by atoms with Gasteiger partial charge in [0.05, 0.1) is 29.8 Å². The Kier molecular flexibility index (Phi) is 5.11. The monoisotopic (exact) mass is 373 g/mol. The molecule has 1 aromatic heterocycles. The third kappa shape index (κ3) is 3.31. The molecule has 2 fully saturated rings. The first-order valence-electron chi connectivity index (χ1n) is 9.35. The van der Waals surface area contributed by atoms with Crippen LogP contribution in [0.2, 0.25) is 5.02 Å². The van der Waals surface area contributed by atoms with Gasteiger partial charge in [-0.05, 0) is 18.6 Å². The van der Waals surface area contributed by atoms with Crippen LogP contribution in [-0.2, 0) is 4.74 Å². The zero-order valence-corrected chi connectivity index (χ0v) is 15.8. The van der Waals surface area contributed by atoms with E-state index in [1.165, 1.54) is 0 Å². The minimum absolute atomic E-state index is 0.0240. The molecule has 26 heavy (non-hydrogen) atoms. The van der Waals surface area contributed by atoms with E-state index >= 15 is 0 Å². The zero-order valence-electron chi connectivity index (χ0n) is 15.0. The fourth-order valence-electron chi connectivity index (χ4n) is 4.09. The Morgan fingerprint density at radius 3 is 3.00 bits per heavy atom. The highest BCUT2D eigenvalue weighted by Gasteiger charge is 2.36. The lowest BCUT2D eigenvalue weighted by Crippen LogP contribution is -2.62. The number of carbonyl (C=O) groups is 1. The average molecular weight is 374 g/mol. The molecule has 2 saturated heterocycles. The highest BCUT2D eigenvalue weighted by atomic mass is 35.5. The lowest BCUT2D eigenvalue weighted by atomic mass is 10.0. The number of ether oxygens (including phenoxy) is 1. The molecule has 0 saturated carbocycles. The van der Waals surface area contributed by atoms with Gasteiger partial charge in [0.2, 0.25) is 0 Å². The van der Waals surface area contributed by atoms with Crippen molar-refractivity contribution >= 4 is 28.4 Å². The number of fused-ring (bicyclic) bond motifs is 2. The maximum Gasteiger partial charge on any atom is 0.272 e. The van der Waals surface area contributed by atoms with Crippen molar-refractivity contribution in [1.82, 2.24) is 14.8 Å². The van der Waals surface area contributed by atoms with Crippen molar-refractivity contribution in [3.05, 3.63) is 41.0 Å². The van der Waals surface area contributed by atoms with Gasteiger partial charge in [-0.15, -0.1) is 0 Å². The van der Waals surface area contributed by atoms with Crippen LogP contribution in [0.15, 0.2) is 30.3 Å². The van der Waals surface area contributed by atoms with Crippen LogP contribution in [0.5, 0.6) is 0 Å². The fourth-order valence-corrected chi connectivity index (χ4v) is 4.32. The van der Waals surface area contributed by atoms with E-state index in [9.17, 15) is 4.79 Å². The smallest absolute Gasteiger partial charge is 0.272 e. The van der Waals surface area contributed by atoms with Gasteiger partial charge in [0.25, 0.3) is 5.91 Å². The maximum atomic E-state index is 13.0. The van der Waals surface area contributed by atoms with E-state index in [-0.39, 0.29) is 11.9 Å². The number of carbonyl (C=O) groups excluding carboxylic acids is 1. The third-order valence-corrected chi connectivity index (χ3v) is 5.72. The van der Waals surface area contributed by atoms with Crippen molar-refractivity contribution in [2.24, 2.45) is 0 Å². The number of nitrogens with zero attached hydrogens (tertiary/aromatic N) is 3. The number of aromatic nitrogens is 1. The van der Waals surface area contributed by atoms with Gasteiger partial charge in [0.15, 0.2) is 0 Å². The second kappa shape index (κ2) is 7.51. The van der Waals surface area contributed by atoms with Crippen molar-refractivity contribution in [1.29, 1.82) is 0 Å². The predicted molar refractivity (Wildman–Crippen MR) is 103 cm³/mol. The molecule has 1 amide bonds. The van der Waals surface area contributed by atoms with Crippen molar-refractivity contribution in [2.45, 2.75) is 31.8 Å². The maximum absolute atomic E-state index is 13.0. The van der Waals surface area contributed by atoms with Crippen LogP contribution in [0.25, 0.3) is 10.9 Å². The average Bonchev–Trinajstić information content (AvgIpc) is 2.67. The Morgan fingerprint density at radius 2 is 2.15 bits per heavy atom. The molecule has 0 bridgehead atoms. The first kappa shape index (κ1) is 17.7. The minimum Gasteiger partial charge on any atom is -0.378 e. The summed E-state index contributed by atoms with van der Waals surface area (Å²) in [5, 5.41) is 1.52. The topological polar surface area (TPSA) is 45.7 Å². The van der Waals surface area contributed by atoms with Crippen molar-refractivity contribution < 1.29 is 9.53 Å². The molecular weight excluding hydrogens is 350 g/mol. The minimum atomic E-state index is -0.0240. The largest absolute Gasteiger partial charge is 0.378 e. The summed E-state index contributed by atoms with van der Waals surface area (Å²) < 4.78 is 5.80. The van der Waals surface area contributed by atoms with E-state index in [0.717, 1.165) is 37.9 Å². The van der Waals surface area contributed by atoms with Crippen LogP contribution in [0.1, 0.15) is 30.3 Å². The highest BCUT2D eigenvalue weighted by Crippen LogP contribution is 2.24. The molecular formula is C20H24ClN3O2. The highest BCUT2D eigenvalue weighted by molar-refractivity contribution is 6.35. The summed E-state index contributed by atoms with van der Waals surface area (Å²) in [6.07, 6.45) is 2.30. The summed E-state index contributed by atoms with van der Waals surface area (Å²) in [6.45, 7) is 6.04. The molecule has 0 spiro atoms. The van der Waals surface area contributed by atoms with Crippen LogP contribution in [0.4, 0.5) is 0 Å². The summed E-state index contributed by atoms with van der Waals surface area (Å²) in [4.78, 5) is 22.0. The predicted octanol–water partition coefficient (Wildman–Crippen LogP) is 3.21. The van der Waals surface area contributed by atoms with Crippen LogP contribution in [-0.4, -0.2) is 65.6 Å². The van der Waals surface area contributed by atoms with Crippen molar-refractivity contribution in [2.75, 3.05) is 32.8 Å². The second-order valence-electron chi connectivity index (χ2n) is 7.13. The van der Waals surface area contributed by atoms with Crippen LogP contribution in [0, 0.1) is 0 Å². The molecule has 6 heteroatoms. The van der Waals surface area contributed by atoms with E-state index in [1.54, 1.807) is 12.1 Å². The first-order valence-corrected chi connectivity index (χ1v) is 9.73. The number of pyridine rings is 1. The number of benzene rings is 1. The summed E-state index contributed by atoms with van der Waals surface area (Å²) >= 11 is 6.25. The Balaban J connectivity index is 1.52. The number of halogens is 1. The number of para-hydroxylation sites is 1. The number of amides is 1. The van der Waals surface area contributed by atoms with Gasteiger partial charge < -0.3 is 9.64 Å². The molecule has 2 aliphatic heterocycles. The molecule has 3 heterocycles. The Morgan fingerprint density at radius 1 is 1.27 bits per heavy atom. The summed E-state index contributed by atoms with van der Waals surface area (Å²) in [6, 6.07) is 10.1. The normalized spacial score (nSPS) is 23.8. The zero-order chi connectivity index (χ0) is 18.1. The van der Waals surface area contributed by atoms with Gasteiger partial charge >= 0.3 is 0 Å². The van der Waals surface area contributed by atoms with Crippen molar-refractivity contribution in [3.8, 4) is 0 Å². The lowest BCUT2D eigenvalue weighted by Gasteiger charge is -2.48. The molecule has 1 aromatic carbocycles. The van der Waals surface area contributed by atoms with Crippen LogP contribution < -0.4 is 0 Å². The van der Waals surface area contributed by atoms with Crippen molar-refractivity contribution in [3.63, 3.8) is 0 Å². The van der Waals surface area contributed by atoms with E-state index in [0.29, 0.717) is 35.4 Å². The second-order valence-corrected chi connectivity index (χ2v) is 7.54. The third-order valence-electron chi connectivity index (χ3n) is 5.42. The Bertz CT molecular complexity index is 811. The molecule has 0 aliphatic carbocycles. The van der Waals surface area contributed by atoms with E-state index in [2.05, 4.69) is 16.8 Å². The number of hydrogen-bond acceptors (Lipinski definition) is 4. The van der Waals surface area contributed by atoms with Gasteiger partial charge in [-0.2, -0.15) is 0 Å². The van der Waals surface area contributed by atoms with Gasteiger partial charge in [0.1, 0.15) is 5.69 Å². The number of hydrogen-bond donors (Lipinski definition) is 0. The SMILES string of the molecule is CCC[C@H]1COC[C@H]2CN(C(=O)c3ccc4cccc(Cl)c4n3)CCN12. The van der Waals surface area contributed by atoms with Gasteiger partial charge in [0, 0.05) is 31.1 Å². The van der Waals surface area contributed by atoms with Crippen LogP contribution in [0.3, 0.4) is 0 Å². The van der Waals surface area contributed by atoms with Gasteiger partial charge in [-0.3, -0.25) is 9.69 Å². The molecule has 0 unspecified atom stereocenters. The Hall–Kier alpha value is -1.69. The molecule has 138 valence electrons. The number of morpholine rings is 1. The molecule has 0 N–H and O–H groups in total. The van der Waals surface area contributed by atoms with E-state index in [1.807, 2.05) is 23.1 Å². The molecule has 2 aliphatic rings. The first-order chi connectivity index (χ1) is 12.7. The molecule has 2 atom stereocenters. The molecule has 0 radical (unpaired) electrons. The standard InChI is InChI=1S/C20H24ClN3O2/c1-2-4-15-12-26-13-16-11-23(9-10-24(15)16)20(25)18-8-7-14-5-3-6-17(21)19(14)22-18/h3,5-8,15-16H,2,4,9-13H2,1H3/t15-,16+/m0/s1. The Labute approximate surface area is 158 Å². The summed E-state index contributed by atoms with van der Waals surface area (Å²) in [5.74, 6) is -0.0240. The van der Waals surface area contributed by atoms with Gasteiger partial charge in [-0.1, -0.05) is 43.1 Å². The number of piperazine rings is 1. The lowest BCUT2D eigenvalue weighted by molar-refractivity contribution is -0.0776. The number of rotatable bonds is 3. The van der Waals surface area contributed by atoms with Crippen LogP contribution >= 0.6 is 11.6 Å². The van der Waals surface area contributed by atoms with E-state index < -0.39 is 0 Å². The summed E-state index contributed by atoms with van der Waals surface area (Å²) in [5.41, 5.74) is 1.14. The molecule has 2 aromatic rings. The van der Waals surface area contributed by atoms with E-state index in [4.69, 9.17) is 16.3 Å². The molecule has 5 nitrogen and oxygen atoms in total. The van der Waals surface area contributed by atoms with Gasteiger partial charge in [-0.25, -0.2) is 4.98 Å². The summed E-state index contributed by atoms with van der Waals surface area (Å²) in [7, 11) is 0. The molecule has 4 rings (SSSR count).